The number of carbonyl (C=O) groups excluding carboxylic acids is 2. The Kier molecular flexibility index (Phi) is 4.37. The highest BCUT2D eigenvalue weighted by atomic mass is 16.2. The van der Waals surface area contributed by atoms with Crippen LogP contribution in [0.5, 0.6) is 0 Å². The molecule has 1 saturated heterocycles. The van der Waals surface area contributed by atoms with Crippen LogP contribution in [0.15, 0.2) is 18.5 Å². The topological polar surface area (TPSA) is 62.3 Å². The maximum atomic E-state index is 12.5. The van der Waals surface area contributed by atoms with Crippen molar-refractivity contribution in [2.45, 2.75) is 39.8 Å². The molecule has 1 fully saturated rings. The second kappa shape index (κ2) is 6.03. The number of aromatic nitrogens is 1. The molecule has 2 unspecified atom stereocenters. The third kappa shape index (κ3) is 3.15. The average Bonchev–Trinajstić information content (AvgIpc) is 2.41. The van der Waals surface area contributed by atoms with Gasteiger partial charge in [0, 0.05) is 18.9 Å². The highest BCUT2D eigenvalue weighted by Crippen LogP contribution is 2.16. The molecule has 1 aliphatic rings. The number of hydrogen-bond acceptors (Lipinski definition) is 3. The number of carbonyl (C=O) groups is 2. The average molecular weight is 275 g/mol. The molecule has 108 valence electrons. The van der Waals surface area contributed by atoms with Crippen LogP contribution in [-0.4, -0.2) is 34.3 Å². The number of rotatable bonds is 4. The first-order valence-corrected chi connectivity index (χ1v) is 7.00. The predicted molar refractivity (Wildman–Crippen MR) is 75.8 cm³/mol. The number of nitrogens with zero attached hydrogens (tertiary/aromatic N) is 2. The van der Waals surface area contributed by atoms with Crippen LogP contribution in [0.25, 0.3) is 0 Å². The summed E-state index contributed by atoms with van der Waals surface area (Å²) in [6.45, 7) is 6.53. The molecule has 1 aromatic rings. The lowest BCUT2D eigenvalue weighted by molar-refractivity contribution is -0.146. The molecule has 20 heavy (non-hydrogen) atoms. The molecule has 1 N–H and O–H groups in total. The van der Waals surface area contributed by atoms with Gasteiger partial charge in [0.25, 0.3) is 0 Å². The summed E-state index contributed by atoms with van der Waals surface area (Å²) in [4.78, 5) is 30.0. The van der Waals surface area contributed by atoms with Gasteiger partial charge >= 0.3 is 0 Å². The van der Waals surface area contributed by atoms with Crippen molar-refractivity contribution in [3.63, 3.8) is 0 Å². The van der Waals surface area contributed by atoms with Crippen LogP contribution < -0.4 is 5.32 Å². The Morgan fingerprint density at radius 1 is 1.45 bits per heavy atom. The van der Waals surface area contributed by atoms with Gasteiger partial charge < -0.3 is 10.2 Å². The molecule has 0 bridgehead atoms. The highest BCUT2D eigenvalue weighted by Gasteiger charge is 2.35. The molecular weight excluding hydrogens is 254 g/mol. The third-order valence-electron chi connectivity index (χ3n) is 3.75. The predicted octanol–water partition coefficient (Wildman–Crippen LogP) is 1.26. The van der Waals surface area contributed by atoms with Crippen molar-refractivity contribution in [2.75, 3.05) is 6.54 Å². The largest absolute Gasteiger partial charge is 0.342 e. The van der Waals surface area contributed by atoms with Crippen LogP contribution in [-0.2, 0) is 16.1 Å². The molecule has 2 atom stereocenters. The molecule has 0 radical (unpaired) electrons. The molecule has 5 heteroatoms. The molecule has 5 nitrogen and oxygen atoms in total. The van der Waals surface area contributed by atoms with Crippen LogP contribution in [0, 0.1) is 12.8 Å². The Bertz CT molecular complexity index is 516. The molecule has 2 rings (SSSR count). The first-order valence-electron chi connectivity index (χ1n) is 7.00. The summed E-state index contributed by atoms with van der Waals surface area (Å²) < 4.78 is 0. The second-order valence-electron chi connectivity index (χ2n) is 5.50. The van der Waals surface area contributed by atoms with Crippen molar-refractivity contribution in [3.05, 3.63) is 29.6 Å². The van der Waals surface area contributed by atoms with E-state index in [0.717, 1.165) is 17.5 Å². The first-order chi connectivity index (χ1) is 9.51. The van der Waals surface area contributed by atoms with Crippen molar-refractivity contribution in [3.8, 4) is 0 Å². The van der Waals surface area contributed by atoms with Crippen LogP contribution >= 0.6 is 0 Å². The van der Waals surface area contributed by atoms with E-state index in [-0.39, 0.29) is 24.3 Å². The van der Waals surface area contributed by atoms with Gasteiger partial charge in [-0.1, -0.05) is 26.3 Å². The lowest BCUT2D eigenvalue weighted by Gasteiger charge is -2.35. The van der Waals surface area contributed by atoms with Gasteiger partial charge in [-0.05, 0) is 24.0 Å². The van der Waals surface area contributed by atoms with Crippen LogP contribution in [0.2, 0.25) is 0 Å². The van der Waals surface area contributed by atoms with Gasteiger partial charge in [-0.2, -0.15) is 0 Å². The van der Waals surface area contributed by atoms with E-state index in [1.54, 1.807) is 17.3 Å². The van der Waals surface area contributed by atoms with E-state index in [4.69, 9.17) is 0 Å². The Balaban J connectivity index is 2.14. The molecule has 0 aliphatic carbocycles. The number of hydrogen-bond donors (Lipinski definition) is 1. The zero-order valence-electron chi connectivity index (χ0n) is 12.2. The van der Waals surface area contributed by atoms with Crippen LogP contribution in [0.4, 0.5) is 0 Å². The molecular formula is C15H21N3O2. The number of piperazine rings is 1. The molecule has 2 amide bonds. The number of amides is 2. The number of nitrogens with one attached hydrogen (secondary N) is 1. The highest BCUT2D eigenvalue weighted by molar-refractivity contribution is 5.94. The van der Waals surface area contributed by atoms with Gasteiger partial charge in [-0.15, -0.1) is 0 Å². The molecule has 0 spiro atoms. The summed E-state index contributed by atoms with van der Waals surface area (Å²) in [5.74, 6) is 0.0563. The normalized spacial score (nSPS) is 20.8. The minimum atomic E-state index is -0.404. The van der Waals surface area contributed by atoms with Gasteiger partial charge in [0.05, 0.1) is 6.54 Å². The van der Waals surface area contributed by atoms with Crippen molar-refractivity contribution < 1.29 is 9.59 Å². The zero-order chi connectivity index (χ0) is 14.7. The van der Waals surface area contributed by atoms with Crippen molar-refractivity contribution >= 4 is 11.8 Å². The zero-order valence-corrected chi connectivity index (χ0v) is 12.2. The van der Waals surface area contributed by atoms with Gasteiger partial charge in [-0.25, -0.2) is 0 Å². The quantitative estimate of drug-likeness (QED) is 0.900. The smallest absolute Gasteiger partial charge is 0.246 e. The Morgan fingerprint density at radius 2 is 2.20 bits per heavy atom. The summed E-state index contributed by atoms with van der Waals surface area (Å²) in [5, 5.41) is 2.80. The van der Waals surface area contributed by atoms with Crippen molar-refractivity contribution in [1.82, 2.24) is 15.2 Å². The lowest BCUT2D eigenvalue weighted by atomic mass is 9.96. The molecule has 2 heterocycles. The van der Waals surface area contributed by atoms with E-state index in [0.29, 0.717) is 6.54 Å². The van der Waals surface area contributed by atoms with Gasteiger partial charge in [0.2, 0.25) is 11.8 Å². The van der Waals surface area contributed by atoms with Gasteiger partial charge in [0.1, 0.15) is 6.04 Å². The fourth-order valence-corrected chi connectivity index (χ4v) is 2.41. The van der Waals surface area contributed by atoms with E-state index >= 15 is 0 Å². The summed E-state index contributed by atoms with van der Waals surface area (Å²) in [6.07, 6.45) is 4.37. The maximum absolute atomic E-state index is 12.5. The van der Waals surface area contributed by atoms with Crippen molar-refractivity contribution in [2.24, 2.45) is 5.92 Å². The van der Waals surface area contributed by atoms with Gasteiger partial charge in [-0.3, -0.25) is 14.6 Å². The maximum Gasteiger partial charge on any atom is 0.246 e. The summed E-state index contributed by atoms with van der Waals surface area (Å²) in [7, 11) is 0. The fourth-order valence-electron chi connectivity index (χ4n) is 2.41. The number of aryl methyl sites for hydroxylation is 1. The Labute approximate surface area is 119 Å². The second-order valence-corrected chi connectivity index (χ2v) is 5.50. The summed E-state index contributed by atoms with van der Waals surface area (Å²) in [6, 6.07) is 1.59. The van der Waals surface area contributed by atoms with Gasteiger partial charge in [0.15, 0.2) is 0 Å². The summed E-state index contributed by atoms with van der Waals surface area (Å²) >= 11 is 0. The standard InChI is InChI=1S/C15H21N3O2/c1-4-11(3)14-15(20)18(9-13(19)17-14)8-12-5-10(2)6-16-7-12/h5-7,11,14H,4,8-9H2,1-3H3,(H,17,19). The van der Waals surface area contributed by atoms with E-state index < -0.39 is 6.04 Å². The SMILES string of the molecule is CCC(C)C1NC(=O)CN(Cc2cncc(C)c2)C1=O. The summed E-state index contributed by atoms with van der Waals surface area (Å²) in [5.41, 5.74) is 2.01. The number of pyridine rings is 1. The van der Waals surface area contributed by atoms with Crippen LogP contribution in [0.1, 0.15) is 31.4 Å². The van der Waals surface area contributed by atoms with E-state index in [1.807, 2.05) is 26.8 Å². The monoisotopic (exact) mass is 275 g/mol. The first kappa shape index (κ1) is 14.5. The molecule has 1 aliphatic heterocycles. The molecule has 1 aromatic heterocycles. The Morgan fingerprint density at radius 3 is 2.85 bits per heavy atom. The molecule has 0 aromatic carbocycles. The van der Waals surface area contributed by atoms with Crippen LogP contribution in [0.3, 0.4) is 0 Å². The minimum Gasteiger partial charge on any atom is -0.342 e. The Hall–Kier alpha value is -1.91. The fraction of sp³-hybridized carbons (Fsp3) is 0.533. The van der Waals surface area contributed by atoms with E-state index in [1.165, 1.54) is 0 Å². The van der Waals surface area contributed by atoms with E-state index in [2.05, 4.69) is 10.3 Å². The van der Waals surface area contributed by atoms with Crippen molar-refractivity contribution in [1.29, 1.82) is 0 Å². The van der Waals surface area contributed by atoms with E-state index in [9.17, 15) is 9.59 Å². The lowest BCUT2D eigenvalue weighted by Crippen LogP contribution is -2.59. The minimum absolute atomic E-state index is 0.000422. The molecule has 0 saturated carbocycles. The third-order valence-corrected chi connectivity index (χ3v) is 3.75.